The topological polar surface area (TPSA) is 96.5 Å². The Bertz CT molecular complexity index is 855. The van der Waals surface area contributed by atoms with Crippen molar-refractivity contribution in [1.29, 1.82) is 0 Å². The molecule has 29 heavy (non-hydrogen) atoms. The summed E-state index contributed by atoms with van der Waals surface area (Å²) in [7, 11) is -2.41. The van der Waals surface area contributed by atoms with Gasteiger partial charge in [-0.1, -0.05) is 11.6 Å². The second kappa shape index (κ2) is 9.53. The molecule has 1 fully saturated rings. The molecule has 9 nitrogen and oxygen atoms in total. The summed E-state index contributed by atoms with van der Waals surface area (Å²) in [5.41, 5.74) is 0.188. The van der Waals surface area contributed by atoms with Crippen LogP contribution in [-0.2, 0) is 19.6 Å². The standard InChI is InChI=1S/C18H26ClN3O6S/c1-5-28-18(24)21-10-8-20(9-11-21)17(23)13(2)22(29(4,25)26)15-12-14(19)6-7-16(15)27-3/h6-7,12-13H,5,8-11H2,1-4H3. The first-order valence-electron chi connectivity index (χ1n) is 9.13. The monoisotopic (exact) mass is 447 g/mol. The second-order valence-electron chi connectivity index (χ2n) is 6.56. The molecule has 1 atom stereocenters. The molecule has 0 spiro atoms. The van der Waals surface area contributed by atoms with Crippen LogP contribution in [-0.4, -0.2) is 82.4 Å². The van der Waals surface area contributed by atoms with Gasteiger partial charge in [0.05, 0.1) is 25.7 Å². The molecule has 0 bridgehead atoms. The van der Waals surface area contributed by atoms with Crippen molar-refractivity contribution < 1.29 is 27.5 Å². The number of methoxy groups -OCH3 is 1. The van der Waals surface area contributed by atoms with E-state index in [0.29, 0.717) is 18.1 Å². The fourth-order valence-electron chi connectivity index (χ4n) is 3.20. The van der Waals surface area contributed by atoms with E-state index in [-0.39, 0.29) is 37.0 Å². The first-order valence-corrected chi connectivity index (χ1v) is 11.4. The minimum atomic E-state index is -3.82. The van der Waals surface area contributed by atoms with Gasteiger partial charge >= 0.3 is 6.09 Å². The second-order valence-corrected chi connectivity index (χ2v) is 8.86. The fraction of sp³-hybridized carbons (Fsp3) is 0.556. The van der Waals surface area contributed by atoms with Crippen molar-refractivity contribution in [3.8, 4) is 5.75 Å². The van der Waals surface area contributed by atoms with Crippen LogP contribution in [0.3, 0.4) is 0 Å². The maximum atomic E-state index is 13.1. The number of halogens is 1. The molecule has 1 aliphatic heterocycles. The Labute approximate surface area is 176 Å². The van der Waals surface area contributed by atoms with Crippen molar-refractivity contribution in [1.82, 2.24) is 9.80 Å². The van der Waals surface area contributed by atoms with Gasteiger partial charge in [-0.05, 0) is 32.0 Å². The lowest BCUT2D eigenvalue weighted by Crippen LogP contribution is -2.56. The van der Waals surface area contributed by atoms with Crippen LogP contribution in [0.4, 0.5) is 10.5 Å². The number of rotatable bonds is 6. The van der Waals surface area contributed by atoms with Gasteiger partial charge in [-0.2, -0.15) is 0 Å². The molecule has 1 aliphatic rings. The van der Waals surface area contributed by atoms with Gasteiger partial charge in [-0.15, -0.1) is 0 Å². The Kier molecular flexibility index (Phi) is 7.59. The number of nitrogens with zero attached hydrogens (tertiary/aromatic N) is 3. The lowest BCUT2D eigenvalue weighted by Gasteiger charge is -2.37. The van der Waals surface area contributed by atoms with E-state index in [4.69, 9.17) is 21.1 Å². The number of benzene rings is 1. The number of carbonyl (C=O) groups excluding carboxylic acids is 2. The van der Waals surface area contributed by atoms with Gasteiger partial charge in [0.25, 0.3) is 0 Å². The lowest BCUT2D eigenvalue weighted by molar-refractivity contribution is -0.133. The number of piperazine rings is 1. The van der Waals surface area contributed by atoms with Crippen LogP contribution in [0.2, 0.25) is 5.02 Å². The number of anilines is 1. The number of sulfonamides is 1. The van der Waals surface area contributed by atoms with Crippen molar-refractivity contribution in [3.63, 3.8) is 0 Å². The average molecular weight is 448 g/mol. The zero-order valence-electron chi connectivity index (χ0n) is 16.9. The third-order valence-corrected chi connectivity index (χ3v) is 6.02. The maximum absolute atomic E-state index is 13.1. The van der Waals surface area contributed by atoms with Crippen LogP contribution in [0.5, 0.6) is 5.75 Å². The Morgan fingerprint density at radius 3 is 2.31 bits per heavy atom. The maximum Gasteiger partial charge on any atom is 0.409 e. The zero-order chi connectivity index (χ0) is 21.8. The summed E-state index contributed by atoms with van der Waals surface area (Å²) in [4.78, 5) is 27.9. The molecule has 1 unspecified atom stereocenters. The molecule has 0 saturated carbocycles. The summed E-state index contributed by atoms with van der Waals surface area (Å²) in [6.07, 6.45) is 0.601. The molecule has 2 amide bonds. The molecule has 162 valence electrons. The number of carbonyl (C=O) groups is 2. The first kappa shape index (κ1) is 23.1. The van der Waals surface area contributed by atoms with Gasteiger partial charge in [-0.25, -0.2) is 13.2 Å². The predicted octanol–water partition coefficient (Wildman–Crippen LogP) is 1.80. The molecular weight excluding hydrogens is 422 g/mol. The molecule has 2 rings (SSSR count). The molecule has 1 aromatic rings. The Morgan fingerprint density at radius 2 is 1.79 bits per heavy atom. The highest BCUT2D eigenvalue weighted by Crippen LogP contribution is 2.34. The highest BCUT2D eigenvalue weighted by Gasteiger charge is 2.35. The third kappa shape index (κ3) is 5.45. The quantitative estimate of drug-likeness (QED) is 0.659. The van der Waals surface area contributed by atoms with E-state index in [1.54, 1.807) is 19.1 Å². The van der Waals surface area contributed by atoms with Crippen molar-refractivity contribution in [2.75, 3.05) is 50.5 Å². The van der Waals surface area contributed by atoms with Crippen LogP contribution in [0.15, 0.2) is 18.2 Å². The minimum absolute atomic E-state index is 0.188. The Balaban J connectivity index is 2.23. The molecule has 0 N–H and O–H groups in total. The van der Waals surface area contributed by atoms with Crippen molar-refractivity contribution in [2.24, 2.45) is 0 Å². The Hall–Kier alpha value is -2.20. The molecular formula is C18H26ClN3O6S. The van der Waals surface area contributed by atoms with Crippen LogP contribution in [0.25, 0.3) is 0 Å². The third-order valence-electron chi connectivity index (χ3n) is 4.56. The SMILES string of the molecule is CCOC(=O)N1CCN(C(=O)C(C)N(c2cc(Cl)ccc2OC)S(C)(=O)=O)CC1. The molecule has 0 radical (unpaired) electrons. The molecule has 0 aromatic heterocycles. The lowest BCUT2D eigenvalue weighted by atomic mass is 10.2. The van der Waals surface area contributed by atoms with E-state index in [9.17, 15) is 18.0 Å². The smallest absolute Gasteiger partial charge is 0.409 e. The van der Waals surface area contributed by atoms with E-state index < -0.39 is 22.2 Å². The first-order chi connectivity index (χ1) is 13.6. The number of hydrogen-bond donors (Lipinski definition) is 0. The van der Waals surface area contributed by atoms with E-state index in [1.807, 2.05) is 0 Å². The molecule has 1 aromatic carbocycles. The van der Waals surface area contributed by atoms with E-state index >= 15 is 0 Å². The van der Waals surface area contributed by atoms with Crippen molar-refractivity contribution in [2.45, 2.75) is 19.9 Å². The van der Waals surface area contributed by atoms with Crippen molar-refractivity contribution in [3.05, 3.63) is 23.2 Å². The van der Waals surface area contributed by atoms with Gasteiger partial charge in [0.15, 0.2) is 0 Å². The summed E-state index contributed by atoms with van der Waals surface area (Å²) in [5.74, 6) is -0.0902. The van der Waals surface area contributed by atoms with Crippen LogP contribution >= 0.6 is 11.6 Å². The summed E-state index contributed by atoms with van der Waals surface area (Å²) in [6, 6.07) is 3.55. The number of ether oxygens (including phenoxy) is 2. The van der Waals surface area contributed by atoms with Crippen LogP contribution in [0, 0.1) is 0 Å². The minimum Gasteiger partial charge on any atom is -0.495 e. The van der Waals surface area contributed by atoms with E-state index in [2.05, 4.69) is 0 Å². The molecule has 1 saturated heterocycles. The normalized spacial score (nSPS) is 15.6. The van der Waals surface area contributed by atoms with Gasteiger partial charge in [0.2, 0.25) is 15.9 Å². The highest BCUT2D eigenvalue weighted by atomic mass is 35.5. The molecule has 11 heteroatoms. The Morgan fingerprint density at radius 1 is 1.21 bits per heavy atom. The summed E-state index contributed by atoms with van der Waals surface area (Å²) in [5, 5.41) is 0.317. The number of hydrogen-bond acceptors (Lipinski definition) is 6. The summed E-state index contributed by atoms with van der Waals surface area (Å²) in [6.45, 7) is 4.72. The zero-order valence-corrected chi connectivity index (χ0v) is 18.5. The van der Waals surface area contributed by atoms with Gasteiger partial charge in [0, 0.05) is 31.2 Å². The largest absolute Gasteiger partial charge is 0.495 e. The molecule has 1 heterocycles. The van der Waals surface area contributed by atoms with Crippen molar-refractivity contribution >= 4 is 39.3 Å². The van der Waals surface area contributed by atoms with Crippen LogP contribution in [0.1, 0.15) is 13.8 Å². The number of amides is 2. The summed E-state index contributed by atoms with van der Waals surface area (Å²) < 4.78 is 36.3. The van der Waals surface area contributed by atoms with Gasteiger partial charge < -0.3 is 19.3 Å². The average Bonchev–Trinajstić information content (AvgIpc) is 2.67. The fourth-order valence-corrected chi connectivity index (χ4v) is 4.53. The molecule has 0 aliphatic carbocycles. The van der Waals surface area contributed by atoms with Gasteiger partial charge in [-0.3, -0.25) is 9.10 Å². The van der Waals surface area contributed by atoms with E-state index in [0.717, 1.165) is 10.6 Å². The predicted molar refractivity (Wildman–Crippen MR) is 110 cm³/mol. The summed E-state index contributed by atoms with van der Waals surface area (Å²) >= 11 is 6.05. The highest BCUT2D eigenvalue weighted by molar-refractivity contribution is 7.92. The van der Waals surface area contributed by atoms with E-state index in [1.165, 1.54) is 29.9 Å². The van der Waals surface area contributed by atoms with Crippen LogP contribution < -0.4 is 9.04 Å². The van der Waals surface area contributed by atoms with Gasteiger partial charge in [0.1, 0.15) is 11.8 Å².